The lowest BCUT2D eigenvalue weighted by Gasteiger charge is -2.18. The van der Waals surface area contributed by atoms with Crippen molar-refractivity contribution in [3.8, 4) is 5.75 Å². The highest BCUT2D eigenvalue weighted by molar-refractivity contribution is 7.98. The van der Waals surface area contributed by atoms with E-state index < -0.39 is 0 Å². The molecule has 164 valence electrons. The number of hydrogen-bond donors (Lipinski definition) is 1. The van der Waals surface area contributed by atoms with E-state index in [1.54, 1.807) is 43.4 Å². The van der Waals surface area contributed by atoms with Crippen LogP contribution in [0.15, 0.2) is 83.8 Å². The zero-order valence-electron chi connectivity index (χ0n) is 17.9. The number of thioether (sulfide) groups is 1. The van der Waals surface area contributed by atoms with Crippen LogP contribution in [0.3, 0.4) is 0 Å². The van der Waals surface area contributed by atoms with E-state index in [9.17, 15) is 14.4 Å². The second-order valence-corrected chi connectivity index (χ2v) is 7.85. The van der Waals surface area contributed by atoms with Crippen LogP contribution in [0.2, 0.25) is 0 Å². The molecule has 0 saturated heterocycles. The minimum absolute atomic E-state index is 0.0815. The second-order valence-electron chi connectivity index (χ2n) is 7.01. The Bertz CT molecular complexity index is 1080. The highest BCUT2D eigenvalue weighted by Crippen LogP contribution is 2.24. The van der Waals surface area contributed by atoms with E-state index in [0.717, 1.165) is 4.90 Å². The molecule has 0 aliphatic rings. The van der Waals surface area contributed by atoms with Gasteiger partial charge in [-0.2, -0.15) is 0 Å². The summed E-state index contributed by atoms with van der Waals surface area (Å²) in [7, 11) is 1.55. The standard InChI is InChI=1S/C25H24N2O4S/c1-27(16-23(28)26-21-10-6-7-11-22(21)32-2)24(29)17-31-20-14-12-19(13-15-20)25(30)18-8-4-3-5-9-18/h3-15H,16-17H2,1-2H3,(H,26,28). The van der Waals surface area contributed by atoms with Gasteiger partial charge in [0.1, 0.15) is 5.75 Å². The van der Waals surface area contributed by atoms with Crippen molar-refractivity contribution < 1.29 is 19.1 Å². The summed E-state index contributed by atoms with van der Waals surface area (Å²) in [5, 5.41) is 2.82. The number of likely N-dealkylation sites (N-methyl/N-ethyl adjacent to an activating group) is 1. The van der Waals surface area contributed by atoms with E-state index in [1.165, 1.54) is 16.7 Å². The van der Waals surface area contributed by atoms with Gasteiger partial charge >= 0.3 is 0 Å². The number of amides is 2. The molecule has 3 aromatic rings. The van der Waals surface area contributed by atoms with Crippen molar-refractivity contribution in [2.45, 2.75) is 4.90 Å². The number of nitrogens with zero attached hydrogens (tertiary/aromatic N) is 1. The molecule has 0 aliphatic heterocycles. The van der Waals surface area contributed by atoms with E-state index >= 15 is 0 Å². The number of benzene rings is 3. The zero-order chi connectivity index (χ0) is 22.9. The second kappa shape index (κ2) is 11.2. The highest BCUT2D eigenvalue weighted by atomic mass is 32.2. The average Bonchev–Trinajstić information content (AvgIpc) is 2.83. The molecule has 0 bridgehead atoms. The van der Waals surface area contributed by atoms with Gasteiger partial charge in [0.05, 0.1) is 12.2 Å². The molecular formula is C25H24N2O4S. The quantitative estimate of drug-likeness (QED) is 0.394. The van der Waals surface area contributed by atoms with Crippen LogP contribution < -0.4 is 10.1 Å². The molecule has 32 heavy (non-hydrogen) atoms. The fourth-order valence-corrected chi connectivity index (χ4v) is 3.51. The molecule has 6 nitrogen and oxygen atoms in total. The Labute approximate surface area is 191 Å². The molecule has 0 unspecified atom stereocenters. The number of ketones is 1. The molecule has 1 N–H and O–H groups in total. The summed E-state index contributed by atoms with van der Waals surface area (Å²) >= 11 is 1.53. The molecule has 3 rings (SSSR count). The van der Waals surface area contributed by atoms with E-state index in [0.29, 0.717) is 22.6 Å². The Kier molecular flexibility index (Phi) is 8.05. The Morgan fingerprint density at radius 1 is 0.875 bits per heavy atom. The number of carbonyl (C=O) groups is 3. The maximum atomic E-state index is 12.4. The van der Waals surface area contributed by atoms with Crippen LogP contribution in [-0.4, -0.2) is 49.0 Å². The minimum atomic E-state index is -0.331. The summed E-state index contributed by atoms with van der Waals surface area (Å²) < 4.78 is 5.53. The number of anilines is 1. The fraction of sp³-hybridized carbons (Fsp3) is 0.160. The maximum absolute atomic E-state index is 12.4. The van der Waals surface area contributed by atoms with Gasteiger partial charge in [-0.1, -0.05) is 42.5 Å². The van der Waals surface area contributed by atoms with Gasteiger partial charge in [-0.05, 0) is 42.7 Å². The van der Waals surface area contributed by atoms with Gasteiger partial charge in [-0.25, -0.2) is 0 Å². The molecule has 0 atom stereocenters. The van der Waals surface area contributed by atoms with E-state index in [2.05, 4.69) is 5.32 Å². The maximum Gasteiger partial charge on any atom is 0.260 e. The van der Waals surface area contributed by atoms with E-state index in [4.69, 9.17) is 4.74 Å². The summed E-state index contributed by atoms with van der Waals surface area (Å²) in [5.41, 5.74) is 1.86. The monoisotopic (exact) mass is 448 g/mol. The van der Waals surface area contributed by atoms with Crippen molar-refractivity contribution >= 4 is 35.0 Å². The SMILES string of the molecule is CSc1ccccc1NC(=O)CN(C)C(=O)COc1ccc(C(=O)c2ccccc2)cc1. The number of rotatable bonds is 9. The van der Waals surface area contributed by atoms with Gasteiger partial charge < -0.3 is 15.0 Å². The average molecular weight is 449 g/mol. The molecule has 0 saturated carbocycles. The third-order valence-corrected chi connectivity index (χ3v) is 5.50. The van der Waals surface area contributed by atoms with Crippen molar-refractivity contribution in [1.29, 1.82) is 0 Å². The summed E-state index contributed by atoms with van der Waals surface area (Å²) in [6.07, 6.45) is 1.93. The number of carbonyl (C=O) groups excluding carboxylic acids is 3. The first-order chi connectivity index (χ1) is 15.5. The van der Waals surface area contributed by atoms with Crippen LogP contribution in [0.5, 0.6) is 5.75 Å². The van der Waals surface area contributed by atoms with Crippen molar-refractivity contribution in [1.82, 2.24) is 4.90 Å². The van der Waals surface area contributed by atoms with Crippen LogP contribution >= 0.6 is 11.8 Å². The Morgan fingerprint density at radius 2 is 1.50 bits per heavy atom. The molecule has 0 spiro atoms. The van der Waals surface area contributed by atoms with Crippen molar-refractivity contribution in [3.05, 3.63) is 90.0 Å². The van der Waals surface area contributed by atoms with Gasteiger partial charge in [-0.3, -0.25) is 14.4 Å². The smallest absolute Gasteiger partial charge is 0.260 e. The van der Waals surface area contributed by atoms with Crippen LogP contribution in [0.1, 0.15) is 15.9 Å². The molecule has 0 aliphatic carbocycles. The minimum Gasteiger partial charge on any atom is -0.484 e. The third kappa shape index (κ3) is 6.21. The lowest BCUT2D eigenvalue weighted by atomic mass is 10.0. The van der Waals surface area contributed by atoms with Gasteiger partial charge in [-0.15, -0.1) is 11.8 Å². The van der Waals surface area contributed by atoms with Crippen molar-refractivity contribution in [3.63, 3.8) is 0 Å². The molecule has 2 amide bonds. The first kappa shape index (κ1) is 23.1. The zero-order valence-corrected chi connectivity index (χ0v) is 18.7. The van der Waals surface area contributed by atoms with Crippen molar-refractivity contribution in [2.75, 3.05) is 31.8 Å². The summed E-state index contributed by atoms with van der Waals surface area (Å²) in [6, 6.07) is 23.1. The van der Waals surface area contributed by atoms with E-state index in [-0.39, 0.29) is 30.7 Å². The van der Waals surface area contributed by atoms with Gasteiger partial charge in [0.25, 0.3) is 5.91 Å². The summed E-state index contributed by atoms with van der Waals surface area (Å²) in [6.45, 7) is -0.299. The third-order valence-electron chi connectivity index (χ3n) is 4.70. The molecule has 0 radical (unpaired) electrons. The first-order valence-electron chi connectivity index (χ1n) is 9.97. The largest absolute Gasteiger partial charge is 0.484 e. The fourth-order valence-electron chi connectivity index (χ4n) is 2.96. The van der Waals surface area contributed by atoms with Gasteiger partial charge in [0.2, 0.25) is 5.91 Å². The molecule has 0 fully saturated rings. The number of para-hydroxylation sites is 1. The molecule has 0 aromatic heterocycles. The first-order valence-corrected chi connectivity index (χ1v) is 11.2. The molecule has 3 aromatic carbocycles. The molecule has 0 heterocycles. The highest BCUT2D eigenvalue weighted by Gasteiger charge is 2.15. The normalized spacial score (nSPS) is 10.3. The predicted octanol–water partition coefficient (Wildman–Crippen LogP) is 4.12. The van der Waals surface area contributed by atoms with Crippen LogP contribution in [0, 0.1) is 0 Å². The number of hydrogen-bond acceptors (Lipinski definition) is 5. The van der Waals surface area contributed by atoms with Gasteiger partial charge in [0.15, 0.2) is 12.4 Å². The van der Waals surface area contributed by atoms with E-state index in [1.807, 2.05) is 48.7 Å². The van der Waals surface area contributed by atoms with Crippen LogP contribution in [0.4, 0.5) is 5.69 Å². The molecular weight excluding hydrogens is 424 g/mol. The molecule has 7 heteroatoms. The number of nitrogens with one attached hydrogen (secondary N) is 1. The van der Waals surface area contributed by atoms with Gasteiger partial charge in [0, 0.05) is 23.1 Å². The number of ether oxygens (including phenoxy) is 1. The van der Waals surface area contributed by atoms with Crippen molar-refractivity contribution in [2.24, 2.45) is 0 Å². The van der Waals surface area contributed by atoms with Crippen LogP contribution in [-0.2, 0) is 9.59 Å². The summed E-state index contributed by atoms with van der Waals surface area (Å²) in [5.74, 6) is -0.231. The topological polar surface area (TPSA) is 75.7 Å². The lowest BCUT2D eigenvalue weighted by Crippen LogP contribution is -2.37. The summed E-state index contributed by atoms with van der Waals surface area (Å²) in [4.78, 5) is 39.4. The Morgan fingerprint density at radius 3 is 2.19 bits per heavy atom. The lowest BCUT2D eigenvalue weighted by molar-refractivity contribution is -0.135. The Hall–Kier alpha value is -3.58. The Balaban J connectivity index is 1.49. The predicted molar refractivity (Wildman–Crippen MR) is 126 cm³/mol. The van der Waals surface area contributed by atoms with Crippen LogP contribution in [0.25, 0.3) is 0 Å².